The van der Waals surface area contributed by atoms with Crippen LogP contribution in [0, 0.1) is 13.8 Å². The largest absolute Gasteiger partial charge is 0.464 e. The molecule has 1 aromatic heterocycles. The second-order valence-corrected chi connectivity index (χ2v) is 5.13. The molecule has 0 unspecified atom stereocenters. The zero-order chi connectivity index (χ0) is 18.2. The predicted octanol–water partition coefficient (Wildman–Crippen LogP) is 1.71. The fourth-order valence-corrected chi connectivity index (χ4v) is 1.99. The van der Waals surface area contributed by atoms with E-state index in [9.17, 15) is 9.59 Å². The van der Waals surface area contributed by atoms with E-state index >= 15 is 0 Å². The molecule has 0 radical (unpaired) electrons. The number of nitrogens with zero attached hydrogens (tertiary/aromatic N) is 2. The molecule has 0 atom stereocenters. The SMILES string of the molecule is COC(=O)/C(=C\C(=O)Nc1ccccc1)NNc1nc(C)cc(C)n1. The molecule has 1 heterocycles. The third kappa shape index (κ3) is 5.61. The van der Waals surface area contributed by atoms with Crippen LogP contribution in [0.2, 0.25) is 0 Å². The molecule has 130 valence electrons. The molecule has 3 N–H and O–H groups in total. The first-order valence-corrected chi connectivity index (χ1v) is 7.48. The van der Waals surface area contributed by atoms with Crippen LogP contribution in [0.15, 0.2) is 48.2 Å². The van der Waals surface area contributed by atoms with E-state index in [1.54, 1.807) is 24.3 Å². The summed E-state index contributed by atoms with van der Waals surface area (Å²) in [5.41, 5.74) is 7.36. The number of rotatable bonds is 6. The van der Waals surface area contributed by atoms with Gasteiger partial charge in [-0.2, -0.15) is 0 Å². The van der Waals surface area contributed by atoms with Crippen LogP contribution in [0.3, 0.4) is 0 Å². The number of aromatic nitrogens is 2. The fourth-order valence-electron chi connectivity index (χ4n) is 1.99. The molecule has 0 spiro atoms. The van der Waals surface area contributed by atoms with Crippen LogP contribution < -0.4 is 16.2 Å². The van der Waals surface area contributed by atoms with Gasteiger partial charge in [0.1, 0.15) is 5.70 Å². The van der Waals surface area contributed by atoms with Crippen molar-refractivity contribution in [2.75, 3.05) is 17.9 Å². The Labute approximate surface area is 145 Å². The lowest BCUT2D eigenvalue weighted by Gasteiger charge is -2.11. The molecule has 8 heteroatoms. The highest BCUT2D eigenvalue weighted by molar-refractivity contribution is 6.04. The van der Waals surface area contributed by atoms with Crippen LogP contribution in [-0.2, 0) is 14.3 Å². The van der Waals surface area contributed by atoms with Gasteiger partial charge in [-0.1, -0.05) is 18.2 Å². The molecule has 0 aliphatic carbocycles. The van der Waals surface area contributed by atoms with E-state index in [2.05, 4.69) is 30.9 Å². The lowest BCUT2D eigenvalue weighted by molar-refractivity contribution is -0.136. The van der Waals surface area contributed by atoms with E-state index in [0.29, 0.717) is 5.69 Å². The summed E-state index contributed by atoms with van der Waals surface area (Å²) in [6.45, 7) is 3.65. The number of amides is 1. The van der Waals surface area contributed by atoms with Gasteiger partial charge in [0.15, 0.2) is 0 Å². The van der Waals surface area contributed by atoms with Crippen LogP contribution in [0.4, 0.5) is 11.6 Å². The molecule has 2 aromatic rings. The number of esters is 1. The number of benzene rings is 1. The van der Waals surface area contributed by atoms with Gasteiger partial charge in [-0.3, -0.25) is 15.6 Å². The molecular formula is C17H19N5O3. The number of hydrogen-bond donors (Lipinski definition) is 3. The Bertz CT molecular complexity index is 770. The molecule has 0 fully saturated rings. The lowest BCUT2D eigenvalue weighted by atomic mass is 10.3. The number of hydrazine groups is 1. The predicted molar refractivity (Wildman–Crippen MR) is 93.4 cm³/mol. The number of aryl methyl sites for hydroxylation is 2. The summed E-state index contributed by atoms with van der Waals surface area (Å²) in [7, 11) is 1.22. The summed E-state index contributed by atoms with van der Waals surface area (Å²) >= 11 is 0. The Balaban J connectivity index is 2.09. The number of para-hydroxylation sites is 1. The Morgan fingerprint density at radius 2 is 1.72 bits per heavy atom. The van der Waals surface area contributed by atoms with E-state index in [-0.39, 0.29) is 11.6 Å². The van der Waals surface area contributed by atoms with Gasteiger partial charge in [0.25, 0.3) is 5.91 Å². The van der Waals surface area contributed by atoms with Gasteiger partial charge in [0, 0.05) is 23.2 Å². The number of hydrogen-bond acceptors (Lipinski definition) is 7. The molecule has 2 rings (SSSR count). The summed E-state index contributed by atoms with van der Waals surface area (Å²) < 4.78 is 4.67. The standard InChI is InChI=1S/C17H19N5O3/c1-11-9-12(2)19-17(18-11)22-21-14(16(24)25-3)10-15(23)20-13-7-5-4-6-8-13/h4-10,21H,1-3H3,(H,20,23)(H,18,19,22)/b14-10+. The highest BCUT2D eigenvalue weighted by Crippen LogP contribution is 2.06. The van der Waals surface area contributed by atoms with Crippen LogP contribution >= 0.6 is 0 Å². The van der Waals surface area contributed by atoms with Crippen molar-refractivity contribution in [3.8, 4) is 0 Å². The molecule has 0 bridgehead atoms. The fraction of sp³-hybridized carbons (Fsp3) is 0.176. The lowest BCUT2D eigenvalue weighted by Crippen LogP contribution is -2.29. The normalized spacial score (nSPS) is 10.8. The van der Waals surface area contributed by atoms with Crippen molar-refractivity contribution in [1.82, 2.24) is 15.4 Å². The maximum absolute atomic E-state index is 12.1. The molecule has 0 aliphatic rings. The minimum absolute atomic E-state index is 0.0845. The minimum Gasteiger partial charge on any atom is -0.464 e. The third-order valence-electron chi connectivity index (χ3n) is 3.01. The smallest absolute Gasteiger partial charge is 0.356 e. The second-order valence-electron chi connectivity index (χ2n) is 5.13. The van der Waals surface area contributed by atoms with E-state index in [0.717, 1.165) is 17.5 Å². The number of anilines is 2. The summed E-state index contributed by atoms with van der Waals surface area (Å²) in [5, 5.41) is 2.65. The first kappa shape index (κ1) is 17.9. The number of methoxy groups -OCH3 is 1. The maximum atomic E-state index is 12.1. The summed E-state index contributed by atoms with van der Waals surface area (Å²) in [6, 6.07) is 10.7. The molecule has 1 aromatic carbocycles. The Morgan fingerprint density at radius 1 is 1.08 bits per heavy atom. The van der Waals surface area contributed by atoms with Crippen molar-refractivity contribution in [3.05, 3.63) is 59.6 Å². The summed E-state index contributed by atoms with van der Waals surface area (Å²) in [5.74, 6) is -0.918. The number of carbonyl (C=O) groups excluding carboxylic acids is 2. The molecule has 0 saturated heterocycles. The van der Waals surface area contributed by atoms with Gasteiger partial charge in [0.05, 0.1) is 7.11 Å². The molecular weight excluding hydrogens is 322 g/mol. The van der Waals surface area contributed by atoms with Crippen molar-refractivity contribution < 1.29 is 14.3 Å². The van der Waals surface area contributed by atoms with Gasteiger partial charge in [-0.15, -0.1) is 0 Å². The van der Waals surface area contributed by atoms with Crippen LogP contribution in [-0.4, -0.2) is 29.0 Å². The Hall–Kier alpha value is -3.42. The van der Waals surface area contributed by atoms with Crippen molar-refractivity contribution in [1.29, 1.82) is 0 Å². The third-order valence-corrected chi connectivity index (χ3v) is 3.01. The average Bonchev–Trinajstić information content (AvgIpc) is 2.58. The number of ether oxygens (including phenoxy) is 1. The molecule has 1 amide bonds. The van der Waals surface area contributed by atoms with Crippen molar-refractivity contribution in [2.45, 2.75) is 13.8 Å². The van der Waals surface area contributed by atoms with Gasteiger partial charge in [0.2, 0.25) is 5.95 Å². The highest BCUT2D eigenvalue weighted by Gasteiger charge is 2.12. The zero-order valence-electron chi connectivity index (χ0n) is 14.2. The molecule has 25 heavy (non-hydrogen) atoms. The number of nitrogens with one attached hydrogen (secondary N) is 3. The molecule has 0 aliphatic heterocycles. The second kappa shape index (κ2) is 8.44. The maximum Gasteiger partial charge on any atom is 0.356 e. The van der Waals surface area contributed by atoms with Crippen LogP contribution in [0.1, 0.15) is 11.4 Å². The zero-order valence-corrected chi connectivity index (χ0v) is 14.2. The van der Waals surface area contributed by atoms with Crippen molar-refractivity contribution in [2.24, 2.45) is 0 Å². The van der Waals surface area contributed by atoms with Gasteiger partial charge in [-0.25, -0.2) is 14.8 Å². The van der Waals surface area contributed by atoms with Crippen molar-refractivity contribution >= 4 is 23.5 Å². The minimum atomic E-state index is -0.708. The monoisotopic (exact) mass is 341 g/mol. The van der Waals surface area contributed by atoms with E-state index in [1.165, 1.54) is 7.11 Å². The van der Waals surface area contributed by atoms with E-state index in [1.807, 2.05) is 26.0 Å². The topological polar surface area (TPSA) is 105 Å². The summed E-state index contributed by atoms with van der Waals surface area (Å²) in [6.07, 6.45) is 1.09. The van der Waals surface area contributed by atoms with E-state index in [4.69, 9.17) is 0 Å². The van der Waals surface area contributed by atoms with Crippen molar-refractivity contribution in [3.63, 3.8) is 0 Å². The molecule has 0 saturated carbocycles. The first-order valence-electron chi connectivity index (χ1n) is 7.48. The average molecular weight is 341 g/mol. The number of carbonyl (C=O) groups is 2. The quantitative estimate of drug-likeness (QED) is 0.417. The van der Waals surface area contributed by atoms with Crippen LogP contribution in [0.25, 0.3) is 0 Å². The van der Waals surface area contributed by atoms with Crippen LogP contribution in [0.5, 0.6) is 0 Å². The first-order chi connectivity index (χ1) is 12.0. The Morgan fingerprint density at radius 3 is 2.32 bits per heavy atom. The van der Waals surface area contributed by atoms with Gasteiger partial charge >= 0.3 is 5.97 Å². The van der Waals surface area contributed by atoms with E-state index < -0.39 is 11.9 Å². The van der Waals surface area contributed by atoms with Gasteiger partial charge in [-0.05, 0) is 32.0 Å². The van der Waals surface area contributed by atoms with Gasteiger partial charge < -0.3 is 10.1 Å². The summed E-state index contributed by atoms with van der Waals surface area (Å²) in [4.78, 5) is 32.3. The highest BCUT2D eigenvalue weighted by atomic mass is 16.5. The Kier molecular flexibility index (Phi) is 6.05. The molecule has 8 nitrogen and oxygen atoms in total.